The molecule has 0 aliphatic heterocycles. The Bertz CT molecular complexity index is 421. The van der Waals surface area contributed by atoms with Crippen molar-refractivity contribution in [2.75, 3.05) is 25.0 Å². The first-order valence-corrected chi connectivity index (χ1v) is 6.80. The van der Waals surface area contributed by atoms with Crippen LogP contribution in [0.2, 0.25) is 0 Å². The maximum absolute atomic E-state index is 11.7. The van der Waals surface area contributed by atoms with Crippen molar-refractivity contribution in [2.45, 2.75) is 20.8 Å². The predicted molar refractivity (Wildman–Crippen MR) is 77.8 cm³/mol. The summed E-state index contributed by atoms with van der Waals surface area (Å²) in [6, 6.07) is 3.84. The van der Waals surface area contributed by atoms with E-state index in [2.05, 4.69) is 40.1 Å². The van der Waals surface area contributed by atoms with Crippen molar-refractivity contribution in [3.05, 3.63) is 22.3 Å². The first-order chi connectivity index (χ1) is 8.40. The SMILES string of the molecule is Cc1nc(N(C)CC(=O)NCC(C)C)ccc1Br. The van der Waals surface area contributed by atoms with Crippen LogP contribution in [0.25, 0.3) is 0 Å². The van der Waals surface area contributed by atoms with Crippen molar-refractivity contribution in [1.29, 1.82) is 0 Å². The van der Waals surface area contributed by atoms with Crippen LogP contribution in [0, 0.1) is 12.8 Å². The number of likely N-dealkylation sites (N-methyl/N-ethyl adjacent to an activating group) is 1. The van der Waals surface area contributed by atoms with Crippen LogP contribution in [-0.4, -0.2) is 31.0 Å². The Labute approximate surface area is 117 Å². The molecule has 0 unspecified atom stereocenters. The van der Waals surface area contributed by atoms with Crippen molar-refractivity contribution in [3.8, 4) is 0 Å². The van der Waals surface area contributed by atoms with Crippen molar-refractivity contribution >= 4 is 27.7 Å². The molecule has 1 amide bonds. The third-order valence-corrected chi connectivity index (χ3v) is 3.32. The quantitative estimate of drug-likeness (QED) is 0.907. The van der Waals surface area contributed by atoms with Crippen molar-refractivity contribution in [2.24, 2.45) is 5.92 Å². The molecule has 0 saturated carbocycles. The van der Waals surface area contributed by atoms with Gasteiger partial charge < -0.3 is 10.2 Å². The van der Waals surface area contributed by atoms with E-state index in [4.69, 9.17) is 0 Å². The van der Waals surface area contributed by atoms with Gasteiger partial charge in [-0.25, -0.2) is 4.98 Å². The number of nitrogens with zero attached hydrogens (tertiary/aromatic N) is 2. The number of pyridine rings is 1. The summed E-state index contributed by atoms with van der Waals surface area (Å²) in [4.78, 5) is 18.0. The molecule has 0 aliphatic rings. The molecule has 1 aromatic rings. The highest BCUT2D eigenvalue weighted by Crippen LogP contribution is 2.17. The third kappa shape index (κ3) is 4.64. The fraction of sp³-hybridized carbons (Fsp3) is 0.538. The highest BCUT2D eigenvalue weighted by Gasteiger charge is 2.09. The molecule has 18 heavy (non-hydrogen) atoms. The standard InChI is InChI=1S/C13H20BrN3O/c1-9(2)7-15-13(18)8-17(4)12-6-5-11(14)10(3)16-12/h5-6,9H,7-8H2,1-4H3,(H,15,18). The number of carbonyl (C=O) groups is 1. The second-order valence-electron chi connectivity index (χ2n) is 4.79. The predicted octanol–water partition coefficient (Wildman–Crippen LogP) is 2.36. The lowest BCUT2D eigenvalue weighted by atomic mass is 10.2. The zero-order valence-corrected chi connectivity index (χ0v) is 12.9. The molecule has 100 valence electrons. The van der Waals surface area contributed by atoms with E-state index >= 15 is 0 Å². The maximum atomic E-state index is 11.7. The third-order valence-electron chi connectivity index (χ3n) is 2.49. The number of hydrogen-bond donors (Lipinski definition) is 1. The van der Waals surface area contributed by atoms with E-state index < -0.39 is 0 Å². The van der Waals surface area contributed by atoms with Crippen LogP contribution in [0.15, 0.2) is 16.6 Å². The van der Waals surface area contributed by atoms with E-state index in [1.165, 1.54) is 0 Å². The van der Waals surface area contributed by atoms with E-state index in [0.717, 1.165) is 16.0 Å². The molecule has 0 radical (unpaired) electrons. The van der Waals surface area contributed by atoms with Gasteiger partial charge in [-0.1, -0.05) is 13.8 Å². The lowest BCUT2D eigenvalue weighted by Gasteiger charge is -2.18. The number of rotatable bonds is 5. The Morgan fingerprint density at radius 1 is 1.50 bits per heavy atom. The van der Waals surface area contributed by atoms with E-state index in [1.54, 1.807) is 0 Å². The monoisotopic (exact) mass is 313 g/mol. The Kier molecular flexibility index (Phi) is 5.59. The van der Waals surface area contributed by atoms with Gasteiger partial charge in [-0.15, -0.1) is 0 Å². The molecular weight excluding hydrogens is 294 g/mol. The summed E-state index contributed by atoms with van der Waals surface area (Å²) in [7, 11) is 1.87. The molecule has 1 aromatic heterocycles. The number of carbonyl (C=O) groups excluding carboxylic acids is 1. The molecule has 4 nitrogen and oxygen atoms in total. The van der Waals surface area contributed by atoms with Crippen molar-refractivity contribution < 1.29 is 4.79 Å². The van der Waals surface area contributed by atoms with Gasteiger partial charge in [0.1, 0.15) is 5.82 Å². The second-order valence-corrected chi connectivity index (χ2v) is 5.65. The van der Waals surface area contributed by atoms with E-state index in [0.29, 0.717) is 19.0 Å². The minimum atomic E-state index is 0.0218. The molecule has 0 spiro atoms. The average molecular weight is 314 g/mol. The fourth-order valence-electron chi connectivity index (χ4n) is 1.41. The van der Waals surface area contributed by atoms with Crippen LogP contribution >= 0.6 is 15.9 Å². The number of amides is 1. The highest BCUT2D eigenvalue weighted by atomic mass is 79.9. The molecule has 1 N–H and O–H groups in total. The van der Waals surface area contributed by atoms with Crippen LogP contribution in [-0.2, 0) is 4.79 Å². The summed E-state index contributed by atoms with van der Waals surface area (Å²) in [6.07, 6.45) is 0. The zero-order chi connectivity index (χ0) is 13.7. The molecule has 1 rings (SSSR count). The van der Waals surface area contributed by atoms with Gasteiger partial charge in [0.25, 0.3) is 0 Å². The number of aromatic nitrogens is 1. The maximum Gasteiger partial charge on any atom is 0.239 e. The van der Waals surface area contributed by atoms with Crippen molar-refractivity contribution in [3.63, 3.8) is 0 Å². The molecule has 0 aliphatic carbocycles. The van der Waals surface area contributed by atoms with Crippen LogP contribution in [0.3, 0.4) is 0 Å². The zero-order valence-electron chi connectivity index (χ0n) is 11.3. The number of anilines is 1. The molecule has 0 bridgehead atoms. The molecule has 1 heterocycles. The van der Waals surface area contributed by atoms with Crippen LogP contribution in [0.4, 0.5) is 5.82 Å². The van der Waals surface area contributed by atoms with Gasteiger partial charge in [0.05, 0.1) is 12.2 Å². The average Bonchev–Trinajstić information content (AvgIpc) is 2.30. The van der Waals surface area contributed by atoms with E-state index in [9.17, 15) is 4.79 Å². The Hall–Kier alpha value is -1.10. The van der Waals surface area contributed by atoms with Crippen molar-refractivity contribution in [1.82, 2.24) is 10.3 Å². The minimum Gasteiger partial charge on any atom is -0.354 e. The topological polar surface area (TPSA) is 45.2 Å². The number of nitrogens with one attached hydrogen (secondary N) is 1. The summed E-state index contributed by atoms with van der Waals surface area (Å²) in [6.45, 7) is 7.10. The Morgan fingerprint density at radius 2 is 2.17 bits per heavy atom. The van der Waals surface area contributed by atoms with Gasteiger partial charge in [0, 0.05) is 18.1 Å². The number of aryl methyl sites for hydroxylation is 1. The van der Waals surface area contributed by atoms with Gasteiger partial charge in [-0.3, -0.25) is 4.79 Å². The number of hydrogen-bond acceptors (Lipinski definition) is 3. The first kappa shape index (κ1) is 15.0. The van der Waals surface area contributed by atoms with Gasteiger partial charge >= 0.3 is 0 Å². The van der Waals surface area contributed by atoms with Gasteiger partial charge in [0.15, 0.2) is 0 Å². The summed E-state index contributed by atoms with van der Waals surface area (Å²) < 4.78 is 0.976. The smallest absolute Gasteiger partial charge is 0.239 e. The highest BCUT2D eigenvalue weighted by molar-refractivity contribution is 9.10. The van der Waals surface area contributed by atoms with Crippen LogP contribution in [0.5, 0.6) is 0 Å². The van der Waals surface area contributed by atoms with Gasteiger partial charge in [-0.05, 0) is 40.9 Å². The van der Waals surface area contributed by atoms with Gasteiger partial charge in [-0.2, -0.15) is 0 Å². The minimum absolute atomic E-state index is 0.0218. The largest absolute Gasteiger partial charge is 0.354 e. The molecule has 0 saturated heterocycles. The normalized spacial score (nSPS) is 10.6. The molecule has 5 heteroatoms. The summed E-state index contributed by atoms with van der Waals surface area (Å²) in [5.74, 6) is 1.29. The first-order valence-electron chi connectivity index (χ1n) is 6.01. The lowest BCUT2D eigenvalue weighted by Crippen LogP contribution is -2.37. The summed E-state index contributed by atoms with van der Waals surface area (Å²) in [5, 5.41) is 2.89. The summed E-state index contributed by atoms with van der Waals surface area (Å²) >= 11 is 3.41. The van der Waals surface area contributed by atoms with E-state index in [-0.39, 0.29) is 5.91 Å². The van der Waals surface area contributed by atoms with Gasteiger partial charge in [0.2, 0.25) is 5.91 Å². The van der Waals surface area contributed by atoms with Crippen LogP contribution < -0.4 is 10.2 Å². The lowest BCUT2D eigenvalue weighted by molar-refractivity contribution is -0.119. The Balaban J connectivity index is 2.56. The number of halogens is 1. The molecule has 0 aromatic carbocycles. The summed E-state index contributed by atoms with van der Waals surface area (Å²) in [5.41, 5.74) is 0.918. The molecular formula is C13H20BrN3O. The second kappa shape index (κ2) is 6.73. The fourth-order valence-corrected chi connectivity index (χ4v) is 1.63. The van der Waals surface area contributed by atoms with Crippen LogP contribution in [0.1, 0.15) is 19.5 Å². The van der Waals surface area contributed by atoms with E-state index in [1.807, 2.05) is 31.0 Å². The molecule has 0 fully saturated rings. The molecule has 0 atom stereocenters. The Morgan fingerprint density at radius 3 is 2.72 bits per heavy atom.